The SMILES string of the molecule is CC(C)CCc1nc2c(o1)CCN(C(=O)CN1CCCCC1)C2. The number of amides is 1. The van der Waals surface area contributed by atoms with Crippen LogP contribution in [0.15, 0.2) is 4.42 Å². The van der Waals surface area contributed by atoms with Gasteiger partial charge in [0.25, 0.3) is 0 Å². The van der Waals surface area contributed by atoms with E-state index in [0.29, 0.717) is 19.0 Å². The second-order valence-electron chi connectivity index (χ2n) is 7.31. The molecule has 0 bridgehead atoms. The van der Waals surface area contributed by atoms with Crippen LogP contribution >= 0.6 is 0 Å². The van der Waals surface area contributed by atoms with E-state index >= 15 is 0 Å². The summed E-state index contributed by atoms with van der Waals surface area (Å²) in [5.74, 6) is 2.73. The van der Waals surface area contributed by atoms with Gasteiger partial charge in [-0.05, 0) is 38.3 Å². The molecule has 0 N–H and O–H groups in total. The predicted octanol–water partition coefficient (Wildman–Crippen LogP) is 2.63. The van der Waals surface area contributed by atoms with Gasteiger partial charge in [0, 0.05) is 19.4 Å². The number of rotatable bonds is 5. The lowest BCUT2D eigenvalue weighted by molar-refractivity contribution is -0.133. The lowest BCUT2D eigenvalue weighted by atomic mass is 10.1. The molecule has 0 radical (unpaired) electrons. The van der Waals surface area contributed by atoms with Crippen LogP contribution in [0.1, 0.15) is 56.9 Å². The first-order chi connectivity index (χ1) is 11.1. The first kappa shape index (κ1) is 16.5. The molecule has 0 spiro atoms. The highest BCUT2D eigenvalue weighted by molar-refractivity contribution is 5.78. The number of carbonyl (C=O) groups is 1. The number of piperidine rings is 1. The van der Waals surface area contributed by atoms with Gasteiger partial charge in [0.05, 0.1) is 13.1 Å². The fraction of sp³-hybridized carbons (Fsp3) is 0.778. The fourth-order valence-corrected chi connectivity index (χ4v) is 3.39. The van der Waals surface area contributed by atoms with Gasteiger partial charge >= 0.3 is 0 Å². The van der Waals surface area contributed by atoms with E-state index in [4.69, 9.17) is 4.42 Å². The number of likely N-dealkylation sites (tertiary alicyclic amines) is 1. The quantitative estimate of drug-likeness (QED) is 0.837. The Morgan fingerprint density at radius 2 is 2.00 bits per heavy atom. The number of aromatic nitrogens is 1. The van der Waals surface area contributed by atoms with Gasteiger partial charge in [0.15, 0.2) is 5.89 Å². The predicted molar refractivity (Wildman–Crippen MR) is 89.1 cm³/mol. The van der Waals surface area contributed by atoms with Gasteiger partial charge in [-0.2, -0.15) is 0 Å². The van der Waals surface area contributed by atoms with E-state index < -0.39 is 0 Å². The number of fused-ring (bicyclic) bond motifs is 1. The summed E-state index contributed by atoms with van der Waals surface area (Å²) in [4.78, 5) is 21.4. The van der Waals surface area contributed by atoms with Crippen molar-refractivity contribution < 1.29 is 9.21 Å². The normalized spacial score (nSPS) is 19.2. The van der Waals surface area contributed by atoms with Crippen LogP contribution in [0.2, 0.25) is 0 Å². The van der Waals surface area contributed by atoms with Crippen molar-refractivity contribution in [3.8, 4) is 0 Å². The maximum atomic E-state index is 12.5. The summed E-state index contributed by atoms with van der Waals surface area (Å²) in [7, 11) is 0. The lowest BCUT2D eigenvalue weighted by Gasteiger charge is -2.30. The molecule has 1 fully saturated rings. The van der Waals surface area contributed by atoms with Crippen molar-refractivity contribution in [2.24, 2.45) is 5.92 Å². The topological polar surface area (TPSA) is 49.6 Å². The Morgan fingerprint density at radius 3 is 2.74 bits per heavy atom. The van der Waals surface area contributed by atoms with Gasteiger partial charge in [-0.25, -0.2) is 4.98 Å². The highest BCUT2D eigenvalue weighted by Crippen LogP contribution is 2.21. The van der Waals surface area contributed by atoms with Crippen LogP contribution in [0, 0.1) is 5.92 Å². The van der Waals surface area contributed by atoms with Crippen LogP contribution < -0.4 is 0 Å². The van der Waals surface area contributed by atoms with Gasteiger partial charge in [0.2, 0.25) is 5.91 Å². The number of carbonyl (C=O) groups excluding carboxylic acids is 1. The van der Waals surface area contributed by atoms with Crippen LogP contribution in [-0.2, 0) is 24.2 Å². The van der Waals surface area contributed by atoms with Gasteiger partial charge in [0.1, 0.15) is 11.5 Å². The maximum absolute atomic E-state index is 12.5. The van der Waals surface area contributed by atoms with Crippen molar-refractivity contribution in [1.29, 1.82) is 0 Å². The molecule has 3 rings (SSSR count). The van der Waals surface area contributed by atoms with Gasteiger partial charge in [-0.1, -0.05) is 20.3 Å². The van der Waals surface area contributed by atoms with E-state index in [1.54, 1.807) is 0 Å². The molecule has 2 aliphatic heterocycles. The molecular weight excluding hydrogens is 290 g/mol. The molecule has 1 aromatic heterocycles. The zero-order valence-electron chi connectivity index (χ0n) is 14.5. The Hall–Kier alpha value is -1.36. The molecule has 23 heavy (non-hydrogen) atoms. The Morgan fingerprint density at radius 1 is 1.22 bits per heavy atom. The standard InChI is InChI=1S/C18H29N3O2/c1-14(2)6-7-17-19-15-12-21(11-8-16(15)23-17)18(22)13-20-9-4-3-5-10-20/h14H,3-13H2,1-2H3. The van der Waals surface area contributed by atoms with Crippen LogP contribution in [0.3, 0.4) is 0 Å². The monoisotopic (exact) mass is 319 g/mol. The van der Waals surface area contributed by atoms with E-state index in [0.717, 1.165) is 56.2 Å². The number of hydrogen-bond donors (Lipinski definition) is 0. The molecular formula is C18H29N3O2. The van der Waals surface area contributed by atoms with Crippen molar-refractivity contribution in [2.45, 2.75) is 58.9 Å². The fourth-order valence-electron chi connectivity index (χ4n) is 3.39. The Labute approximate surface area is 139 Å². The van der Waals surface area contributed by atoms with Crippen LogP contribution in [0.5, 0.6) is 0 Å². The van der Waals surface area contributed by atoms with Crippen LogP contribution in [0.25, 0.3) is 0 Å². The first-order valence-corrected chi connectivity index (χ1v) is 9.09. The Bertz CT molecular complexity index is 532. The van der Waals surface area contributed by atoms with Gasteiger partial charge in [-0.15, -0.1) is 0 Å². The summed E-state index contributed by atoms with van der Waals surface area (Å²) in [6, 6.07) is 0. The number of hydrogen-bond acceptors (Lipinski definition) is 4. The molecule has 0 aromatic carbocycles. The third-order valence-electron chi connectivity index (χ3n) is 4.87. The molecule has 5 heteroatoms. The molecule has 0 unspecified atom stereocenters. The minimum atomic E-state index is 0.240. The molecule has 2 aliphatic rings. The number of aryl methyl sites for hydroxylation is 1. The zero-order valence-corrected chi connectivity index (χ0v) is 14.5. The van der Waals surface area contributed by atoms with Crippen LogP contribution in [0.4, 0.5) is 0 Å². The highest BCUT2D eigenvalue weighted by atomic mass is 16.4. The minimum Gasteiger partial charge on any atom is -0.445 e. The van der Waals surface area contributed by atoms with Crippen molar-refractivity contribution in [1.82, 2.24) is 14.8 Å². The molecule has 5 nitrogen and oxygen atoms in total. The average molecular weight is 319 g/mol. The number of nitrogens with zero attached hydrogens (tertiary/aromatic N) is 3. The third kappa shape index (κ3) is 4.34. The third-order valence-corrected chi connectivity index (χ3v) is 4.87. The second kappa shape index (κ2) is 7.47. The molecule has 0 saturated carbocycles. The molecule has 1 aromatic rings. The van der Waals surface area contributed by atoms with Crippen molar-refractivity contribution in [2.75, 3.05) is 26.2 Å². The molecule has 0 atom stereocenters. The lowest BCUT2D eigenvalue weighted by Crippen LogP contribution is -2.44. The van der Waals surface area contributed by atoms with E-state index in [1.165, 1.54) is 19.3 Å². The van der Waals surface area contributed by atoms with E-state index in [2.05, 4.69) is 23.7 Å². The Kier molecular flexibility index (Phi) is 5.36. The largest absolute Gasteiger partial charge is 0.445 e. The highest BCUT2D eigenvalue weighted by Gasteiger charge is 2.26. The van der Waals surface area contributed by atoms with E-state index in [-0.39, 0.29) is 5.91 Å². The molecule has 0 aliphatic carbocycles. The van der Waals surface area contributed by atoms with E-state index in [1.807, 2.05) is 4.90 Å². The molecule has 3 heterocycles. The van der Waals surface area contributed by atoms with Gasteiger partial charge < -0.3 is 9.32 Å². The summed E-state index contributed by atoms with van der Waals surface area (Å²) in [6.07, 6.45) is 6.54. The minimum absolute atomic E-state index is 0.240. The van der Waals surface area contributed by atoms with Gasteiger partial charge in [-0.3, -0.25) is 9.69 Å². The second-order valence-corrected chi connectivity index (χ2v) is 7.31. The molecule has 128 valence electrons. The average Bonchev–Trinajstić information content (AvgIpc) is 2.96. The first-order valence-electron chi connectivity index (χ1n) is 9.09. The maximum Gasteiger partial charge on any atom is 0.237 e. The molecule has 1 amide bonds. The smallest absolute Gasteiger partial charge is 0.237 e. The molecule has 1 saturated heterocycles. The summed E-state index contributed by atoms with van der Waals surface area (Å²) < 4.78 is 5.88. The summed E-state index contributed by atoms with van der Waals surface area (Å²) in [5.41, 5.74) is 0.974. The number of oxazole rings is 1. The van der Waals surface area contributed by atoms with Crippen LogP contribution in [-0.4, -0.2) is 46.9 Å². The van der Waals surface area contributed by atoms with E-state index in [9.17, 15) is 4.79 Å². The van der Waals surface area contributed by atoms with Crippen molar-refractivity contribution in [3.63, 3.8) is 0 Å². The summed E-state index contributed by atoms with van der Waals surface area (Å²) in [6.45, 7) is 8.50. The summed E-state index contributed by atoms with van der Waals surface area (Å²) >= 11 is 0. The van der Waals surface area contributed by atoms with Crippen molar-refractivity contribution in [3.05, 3.63) is 17.3 Å². The zero-order chi connectivity index (χ0) is 16.2. The van der Waals surface area contributed by atoms with Crippen molar-refractivity contribution >= 4 is 5.91 Å². The summed E-state index contributed by atoms with van der Waals surface area (Å²) in [5, 5.41) is 0. The Balaban J connectivity index is 1.55.